The molecule has 2 heterocycles. The minimum Gasteiger partial charge on any atom is -0.462 e. The van der Waals surface area contributed by atoms with Gasteiger partial charge in [0.2, 0.25) is 5.43 Å². The summed E-state index contributed by atoms with van der Waals surface area (Å²) in [4.78, 5) is 39.8. The molecule has 0 fully saturated rings. The first-order valence-corrected chi connectivity index (χ1v) is 11.5. The molecule has 0 atom stereocenters. The number of carbonyl (C=O) groups is 2. The summed E-state index contributed by atoms with van der Waals surface area (Å²) in [6, 6.07) is 4.93. The van der Waals surface area contributed by atoms with Gasteiger partial charge in [0.25, 0.3) is 5.91 Å². The van der Waals surface area contributed by atoms with Crippen LogP contribution in [0.25, 0.3) is 10.9 Å². The molecule has 7 nitrogen and oxygen atoms in total. The molecular formula is C22H22ClN3O4S. The monoisotopic (exact) mass is 459 g/mol. The lowest BCUT2D eigenvalue weighted by Crippen LogP contribution is -2.27. The number of hydrogen-bond donors (Lipinski definition) is 1. The Balaban J connectivity index is 1.78. The van der Waals surface area contributed by atoms with Crippen LogP contribution in [0.2, 0.25) is 5.02 Å². The summed E-state index contributed by atoms with van der Waals surface area (Å²) in [5.74, 6) is -1.11. The number of nitrogens with zero attached hydrogens (tertiary/aromatic N) is 2. The highest BCUT2D eigenvalue weighted by Crippen LogP contribution is 2.38. The number of nitrogens with one attached hydrogen (secondary N) is 1. The number of aromatic nitrogens is 2. The molecule has 0 aliphatic heterocycles. The molecule has 3 aromatic rings. The Hall–Kier alpha value is -2.71. The second-order valence-corrected chi connectivity index (χ2v) is 8.79. The molecule has 1 aromatic carbocycles. The van der Waals surface area contributed by atoms with Gasteiger partial charge in [0.1, 0.15) is 5.00 Å². The van der Waals surface area contributed by atoms with E-state index in [0.29, 0.717) is 33.0 Å². The molecule has 4 rings (SSSR count). The molecule has 162 valence electrons. The Bertz CT molecular complexity index is 1250. The normalized spacial score (nSPS) is 13.1. The number of amides is 1. The molecule has 0 unspecified atom stereocenters. The molecule has 1 aliphatic carbocycles. The summed E-state index contributed by atoms with van der Waals surface area (Å²) in [7, 11) is 0. The highest BCUT2D eigenvalue weighted by molar-refractivity contribution is 7.17. The summed E-state index contributed by atoms with van der Waals surface area (Å²) < 4.78 is 6.82. The van der Waals surface area contributed by atoms with Crippen molar-refractivity contribution >= 4 is 50.7 Å². The number of benzene rings is 1. The van der Waals surface area contributed by atoms with Gasteiger partial charge in [0, 0.05) is 16.4 Å². The lowest BCUT2D eigenvalue weighted by Gasteiger charge is -2.12. The van der Waals surface area contributed by atoms with Crippen LogP contribution in [0.3, 0.4) is 0 Å². The van der Waals surface area contributed by atoms with Gasteiger partial charge >= 0.3 is 5.97 Å². The number of carbonyl (C=O) groups excluding carboxylic acids is 2. The second kappa shape index (κ2) is 8.80. The van der Waals surface area contributed by atoms with E-state index < -0.39 is 17.3 Å². The van der Waals surface area contributed by atoms with Crippen molar-refractivity contribution in [2.45, 2.75) is 46.1 Å². The summed E-state index contributed by atoms with van der Waals surface area (Å²) >= 11 is 7.44. The average Bonchev–Trinajstić information content (AvgIpc) is 3.12. The Labute approximate surface area is 188 Å². The van der Waals surface area contributed by atoms with Gasteiger partial charge in [-0.15, -0.1) is 11.3 Å². The van der Waals surface area contributed by atoms with Crippen LogP contribution in [0.5, 0.6) is 0 Å². The largest absolute Gasteiger partial charge is 0.462 e. The van der Waals surface area contributed by atoms with Crippen molar-refractivity contribution in [2.75, 3.05) is 11.9 Å². The molecule has 2 aromatic heterocycles. The van der Waals surface area contributed by atoms with Crippen molar-refractivity contribution in [1.82, 2.24) is 9.78 Å². The molecule has 0 saturated carbocycles. The van der Waals surface area contributed by atoms with Gasteiger partial charge in [0.05, 0.1) is 23.1 Å². The van der Waals surface area contributed by atoms with E-state index in [1.165, 1.54) is 17.4 Å². The third kappa shape index (κ3) is 3.97. The zero-order valence-corrected chi connectivity index (χ0v) is 18.9. The van der Waals surface area contributed by atoms with E-state index in [0.717, 1.165) is 36.1 Å². The number of anilines is 1. The van der Waals surface area contributed by atoms with E-state index in [4.69, 9.17) is 16.3 Å². The first-order chi connectivity index (χ1) is 14.9. The van der Waals surface area contributed by atoms with Gasteiger partial charge in [-0.3, -0.25) is 14.3 Å². The Kier molecular flexibility index (Phi) is 6.11. The predicted octanol–water partition coefficient (Wildman–Crippen LogP) is 4.44. The van der Waals surface area contributed by atoms with Crippen LogP contribution in [0, 0.1) is 0 Å². The number of ether oxygens (including phenoxy) is 1. The Morgan fingerprint density at radius 1 is 1.26 bits per heavy atom. The van der Waals surface area contributed by atoms with Crippen molar-refractivity contribution in [3.05, 3.63) is 55.1 Å². The smallest absolute Gasteiger partial charge is 0.341 e. The summed E-state index contributed by atoms with van der Waals surface area (Å²) in [6.45, 7) is 4.33. The lowest BCUT2D eigenvalue weighted by atomic mass is 9.95. The lowest BCUT2D eigenvalue weighted by molar-refractivity contribution is 0.0526. The van der Waals surface area contributed by atoms with Crippen molar-refractivity contribution in [1.29, 1.82) is 0 Å². The zero-order valence-electron chi connectivity index (χ0n) is 17.3. The standard InChI is InChI=1S/C22H22ClN3O4S/c1-3-26-15-10-9-12(23)11-14(15)19(27)18(25-26)20(28)24-21-17(22(29)30-4-2)13-7-5-6-8-16(13)31-21/h9-11H,3-8H2,1-2H3,(H,24,28). The third-order valence-electron chi connectivity index (χ3n) is 5.31. The number of esters is 1. The number of aryl methyl sites for hydroxylation is 2. The van der Waals surface area contributed by atoms with Gasteiger partial charge in [-0.2, -0.15) is 5.10 Å². The second-order valence-electron chi connectivity index (χ2n) is 7.24. The van der Waals surface area contributed by atoms with Crippen LogP contribution in [-0.2, 0) is 24.1 Å². The van der Waals surface area contributed by atoms with Gasteiger partial charge in [-0.1, -0.05) is 11.6 Å². The topological polar surface area (TPSA) is 90.3 Å². The van der Waals surface area contributed by atoms with E-state index in [1.54, 1.807) is 23.7 Å². The minimum atomic E-state index is -0.654. The SMILES string of the molecule is CCOC(=O)c1c(NC(=O)c2nn(CC)c3ccc(Cl)cc3c2=O)sc2c1CCCC2. The maximum absolute atomic E-state index is 13.1. The first kappa shape index (κ1) is 21.5. The molecule has 1 N–H and O–H groups in total. The van der Waals surface area contributed by atoms with E-state index in [-0.39, 0.29) is 12.3 Å². The third-order valence-corrected chi connectivity index (χ3v) is 6.75. The van der Waals surface area contributed by atoms with Gasteiger partial charge in [-0.05, 0) is 63.3 Å². The fourth-order valence-corrected chi connectivity index (χ4v) is 5.33. The van der Waals surface area contributed by atoms with Crippen LogP contribution in [0.15, 0.2) is 23.0 Å². The molecule has 9 heteroatoms. The van der Waals surface area contributed by atoms with E-state index in [9.17, 15) is 14.4 Å². The fraction of sp³-hybridized carbons (Fsp3) is 0.364. The van der Waals surface area contributed by atoms with Crippen LogP contribution >= 0.6 is 22.9 Å². The first-order valence-electron chi connectivity index (χ1n) is 10.3. The van der Waals surface area contributed by atoms with Crippen molar-refractivity contribution in [3.8, 4) is 0 Å². The summed E-state index contributed by atoms with van der Waals surface area (Å²) in [6.07, 6.45) is 3.65. The van der Waals surface area contributed by atoms with Crippen molar-refractivity contribution < 1.29 is 14.3 Å². The Morgan fingerprint density at radius 3 is 2.77 bits per heavy atom. The molecule has 1 amide bonds. The van der Waals surface area contributed by atoms with Crippen molar-refractivity contribution in [3.63, 3.8) is 0 Å². The molecule has 0 radical (unpaired) electrons. The maximum Gasteiger partial charge on any atom is 0.341 e. The predicted molar refractivity (Wildman–Crippen MR) is 122 cm³/mol. The fourth-order valence-electron chi connectivity index (χ4n) is 3.89. The van der Waals surface area contributed by atoms with E-state index in [1.807, 2.05) is 6.92 Å². The summed E-state index contributed by atoms with van der Waals surface area (Å²) in [5.41, 5.74) is 1.20. The van der Waals surface area contributed by atoms with Crippen molar-refractivity contribution in [2.24, 2.45) is 0 Å². The number of hydrogen-bond acceptors (Lipinski definition) is 6. The van der Waals surface area contributed by atoms with Crippen LogP contribution in [-0.4, -0.2) is 28.3 Å². The zero-order chi connectivity index (χ0) is 22.1. The number of rotatable bonds is 5. The number of fused-ring (bicyclic) bond motifs is 2. The van der Waals surface area contributed by atoms with Crippen LogP contribution in [0.1, 0.15) is 58.0 Å². The molecule has 0 saturated heterocycles. The molecule has 0 bridgehead atoms. The number of halogens is 1. The van der Waals surface area contributed by atoms with Gasteiger partial charge < -0.3 is 10.1 Å². The van der Waals surface area contributed by atoms with Crippen LogP contribution < -0.4 is 10.7 Å². The van der Waals surface area contributed by atoms with E-state index in [2.05, 4.69) is 10.4 Å². The highest BCUT2D eigenvalue weighted by Gasteiger charge is 2.28. The molecule has 31 heavy (non-hydrogen) atoms. The average molecular weight is 460 g/mol. The van der Waals surface area contributed by atoms with Gasteiger partial charge in [-0.25, -0.2) is 4.79 Å². The maximum atomic E-state index is 13.1. The minimum absolute atomic E-state index is 0.238. The summed E-state index contributed by atoms with van der Waals surface area (Å²) in [5, 5.41) is 8.18. The van der Waals surface area contributed by atoms with E-state index >= 15 is 0 Å². The Morgan fingerprint density at radius 2 is 2.03 bits per heavy atom. The number of thiophene rings is 1. The molecule has 1 aliphatic rings. The quantitative estimate of drug-likeness (QED) is 0.569. The van der Waals surface area contributed by atoms with Crippen LogP contribution in [0.4, 0.5) is 5.00 Å². The van der Waals surface area contributed by atoms with Gasteiger partial charge in [0.15, 0.2) is 5.69 Å². The molecule has 0 spiro atoms. The highest BCUT2D eigenvalue weighted by atomic mass is 35.5. The molecular weight excluding hydrogens is 438 g/mol.